The zero-order valence-corrected chi connectivity index (χ0v) is 19.0. The maximum atomic E-state index is 6.04. The van der Waals surface area contributed by atoms with Gasteiger partial charge in [-0.3, -0.25) is 4.99 Å². The van der Waals surface area contributed by atoms with Crippen molar-refractivity contribution >= 4 is 11.4 Å². The number of aromatic amines is 1. The predicted molar refractivity (Wildman–Crippen MR) is 128 cm³/mol. The van der Waals surface area contributed by atoms with E-state index in [2.05, 4.69) is 54.5 Å². The van der Waals surface area contributed by atoms with Gasteiger partial charge in [0.15, 0.2) is 0 Å². The van der Waals surface area contributed by atoms with Gasteiger partial charge < -0.3 is 15.0 Å². The van der Waals surface area contributed by atoms with Gasteiger partial charge in [0.2, 0.25) is 0 Å². The van der Waals surface area contributed by atoms with Gasteiger partial charge in [-0.1, -0.05) is 51.9 Å². The standard InChI is InChI=1S/C26H39N3O/c1-4-6-7-8-9-10-11-12-14-21-16-17-22(28-21)20-26(3)25(30-5-2)19-24(29-26)23-15-13-18-27-23/h13,15-20,25,27,29H,4-12,14H2,1-3H3. The molecule has 1 aromatic rings. The number of allylic oxidation sites excluding steroid dienone is 2. The second kappa shape index (κ2) is 11.4. The Morgan fingerprint density at radius 1 is 1.07 bits per heavy atom. The highest BCUT2D eigenvalue weighted by molar-refractivity contribution is 5.98. The average molecular weight is 410 g/mol. The molecule has 0 spiro atoms. The van der Waals surface area contributed by atoms with E-state index in [0.29, 0.717) is 6.61 Å². The van der Waals surface area contributed by atoms with Crippen molar-refractivity contribution < 1.29 is 4.74 Å². The minimum atomic E-state index is -0.312. The van der Waals surface area contributed by atoms with E-state index in [1.54, 1.807) is 0 Å². The molecule has 164 valence electrons. The molecule has 2 atom stereocenters. The number of unbranched alkanes of at least 4 members (excludes halogenated alkanes) is 7. The van der Waals surface area contributed by atoms with E-state index < -0.39 is 0 Å². The summed E-state index contributed by atoms with van der Waals surface area (Å²) in [5.41, 5.74) is 4.10. The van der Waals surface area contributed by atoms with Crippen LogP contribution in [-0.2, 0) is 4.74 Å². The summed E-state index contributed by atoms with van der Waals surface area (Å²) < 4.78 is 6.04. The van der Waals surface area contributed by atoms with Crippen LogP contribution in [0.1, 0.15) is 84.3 Å². The SMILES string of the molecule is CCCCCCCCCCC1=NC(=CC2(C)NC(c3ccc[nH]3)=CC2OCC)C=C1. The lowest BCUT2D eigenvalue weighted by atomic mass is 9.96. The third-order valence-corrected chi connectivity index (χ3v) is 6.00. The first-order valence-electron chi connectivity index (χ1n) is 11.9. The highest BCUT2D eigenvalue weighted by Crippen LogP contribution is 2.32. The summed E-state index contributed by atoms with van der Waals surface area (Å²) in [5.74, 6) is 0. The van der Waals surface area contributed by atoms with Crippen LogP contribution in [0.5, 0.6) is 0 Å². The molecule has 0 radical (unpaired) electrons. The van der Waals surface area contributed by atoms with Crippen molar-refractivity contribution in [1.29, 1.82) is 0 Å². The minimum absolute atomic E-state index is 0.0198. The van der Waals surface area contributed by atoms with Gasteiger partial charge in [0.25, 0.3) is 0 Å². The fraction of sp³-hybridized carbons (Fsp3) is 0.577. The topological polar surface area (TPSA) is 49.4 Å². The Bertz CT molecular complexity index is 772. The zero-order chi connectivity index (χ0) is 21.2. The van der Waals surface area contributed by atoms with Crippen LogP contribution in [0.4, 0.5) is 0 Å². The third-order valence-electron chi connectivity index (χ3n) is 6.00. The van der Waals surface area contributed by atoms with Crippen molar-refractivity contribution in [2.45, 2.75) is 90.2 Å². The summed E-state index contributed by atoms with van der Waals surface area (Å²) in [5, 5.41) is 3.65. The third kappa shape index (κ3) is 6.21. The fourth-order valence-corrected chi connectivity index (χ4v) is 4.29. The molecule has 0 saturated carbocycles. The number of hydrogen-bond donors (Lipinski definition) is 2. The van der Waals surface area contributed by atoms with E-state index in [9.17, 15) is 0 Å². The molecule has 3 heterocycles. The molecule has 2 N–H and O–H groups in total. The lowest BCUT2D eigenvalue weighted by Gasteiger charge is -2.29. The van der Waals surface area contributed by atoms with Crippen molar-refractivity contribution in [3.05, 3.63) is 54.0 Å². The van der Waals surface area contributed by atoms with E-state index in [-0.39, 0.29) is 11.6 Å². The lowest BCUT2D eigenvalue weighted by molar-refractivity contribution is 0.0607. The predicted octanol–water partition coefficient (Wildman–Crippen LogP) is 6.55. The smallest absolute Gasteiger partial charge is 0.104 e. The molecule has 0 aliphatic carbocycles. The number of H-pyrrole nitrogens is 1. The number of nitrogens with one attached hydrogen (secondary N) is 2. The molecule has 4 nitrogen and oxygen atoms in total. The fourth-order valence-electron chi connectivity index (χ4n) is 4.29. The number of rotatable bonds is 13. The summed E-state index contributed by atoms with van der Waals surface area (Å²) in [7, 11) is 0. The van der Waals surface area contributed by atoms with Gasteiger partial charge in [-0.2, -0.15) is 0 Å². The van der Waals surface area contributed by atoms with Crippen molar-refractivity contribution in [2.24, 2.45) is 4.99 Å². The molecule has 0 bridgehead atoms. The van der Waals surface area contributed by atoms with Crippen LogP contribution in [0.3, 0.4) is 0 Å². The Morgan fingerprint density at radius 2 is 1.83 bits per heavy atom. The summed E-state index contributed by atoms with van der Waals surface area (Å²) in [6.07, 6.45) is 22.5. The van der Waals surface area contributed by atoms with Crippen molar-refractivity contribution in [1.82, 2.24) is 10.3 Å². The summed E-state index contributed by atoms with van der Waals surface area (Å²) in [6, 6.07) is 4.10. The number of aliphatic imine (C=N–C) groups is 1. The Labute approximate surface area is 182 Å². The quantitative estimate of drug-likeness (QED) is 0.363. The van der Waals surface area contributed by atoms with E-state index in [1.165, 1.54) is 57.1 Å². The summed E-state index contributed by atoms with van der Waals surface area (Å²) in [4.78, 5) is 8.16. The molecular weight excluding hydrogens is 370 g/mol. The number of ether oxygens (including phenoxy) is 1. The van der Waals surface area contributed by atoms with E-state index >= 15 is 0 Å². The first-order valence-corrected chi connectivity index (χ1v) is 11.9. The average Bonchev–Trinajstić information content (AvgIpc) is 3.46. The number of nitrogens with zero attached hydrogens (tertiary/aromatic N) is 1. The molecule has 0 aromatic carbocycles. The van der Waals surface area contributed by atoms with Crippen LogP contribution >= 0.6 is 0 Å². The molecular formula is C26H39N3O. The van der Waals surface area contributed by atoms with Gasteiger partial charge in [-0.05, 0) is 63.1 Å². The monoisotopic (exact) mass is 409 g/mol. The number of aromatic nitrogens is 1. The molecule has 4 heteroatoms. The first kappa shape index (κ1) is 22.6. The Morgan fingerprint density at radius 3 is 2.53 bits per heavy atom. The molecule has 3 rings (SSSR count). The van der Waals surface area contributed by atoms with Gasteiger partial charge >= 0.3 is 0 Å². The lowest BCUT2D eigenvalue weighted by Crippen LogP contribution is -2.45. The molecule has 0 saturated heterocycles. The second-order valence-electron chi connectivity index (χ2n) is 8.68. The first-order chi connectivity index (χ1) is 14.6. The van der Waals surface area contributed by atoms with Gasteiger partial charge in [0.1, 0.15) is 6.10 Å². The largest absolute Gasteiger partial charge is 0.372 e. The molecule has 0 amide bonds. The van der Waals surface area contributed by atoms with E-state index in [0.717, 1.165) is 23.5 Å². The molecule has 2 aliphatic rings. The van der Waals surface area contributed by atoms with Crippen LogP contribution in [-0.4, -0.2) is 28.9 Å². The van der Waals surface area contributed by atoms with Crippen molar-refractivity contribution in [2.75, 3.05) is 6.61 Å². The molecule has 2 aliphatic heterocycles. The van der Waals surface area contributed by atoms with Crippen LogP contribution in [0.2, 0.25) is 0 Å². The Kier molecular flexibility index (Phi) is 8.56. The Hall–Kier alpha value is -2.07. The van der Waals surface area contributed by atoms with Crippen molar-refractivity contribution in [3.8, 4) is 0 Å². The van der Waals surface area contributed by atoms with Gasteiger partial charge in [-0.25, -0.2) is 0 Å². The van der Waals surface area contributed by atoms with E-state index in [4.69, 9.17) is 9.73 Å². The van der Waals surface area contributed by atoms with Crippen LogP contribution < -0.4 is 5.32 Å². The van der Waals surface area contributed by atoms with Gasteiger partial charge in [-0.15, -0.1) is 0 Å². The second-order valence-corrected chi connectivity index (χ2v) is 8.68. The molecule has 30 heavy (non-hydrogen) atoms. The Balaban J connectivity index is 1.51. The summed E-state index contributed by atoms with van der Waals surface area (Å²) in [6.45, 7) is 7.19. The maximum absolute atomic E-state index is 6.04. The van der Waals surface area contributed by atoms with Crippen LogP contribution in [0, 0.1) is 0 Å². The molecule has 2 unspecified atom stereocenters. The van der Waals surface area contributed by atoms with Crippen molar-refractivity contribution in [3.63, 3.8) is 0 Å². The van der Waals surface area contributed by atoms with Gasteiger partial charge in [0.05, 0.1) is 22.6 Å². The highest BCUT2D eigenvalue weighted by Gasteiger charge is 2.38. The molecule has 1 aromatic heterocycles. The minimum Gasteiger partial charge on any atom is -0.372 e. The van der Waals surface area contributed by atoms with Gasteiger partial charge in [0, 0.05) is 18.5 Å². The maximum Gasteiger partial charge on any atom is 0.104 e. The number of hydrogen-bond acceptors (Lipinski definition) is 3. The van der Waals surface area contributed by atoms with E-state index in [1.807, 2.05) is 19.2 Å². The highest BCUT2D eigenvalue weighted by atomic mass is 16.5. The molecule has 0 fully saturated rings. The van der Waals surface area contributed by atoms with Crippen LogP contribution in [0.15, 0.2) is 53.3 Å². The van der Waals surface area contributed by atoms with Crippen LogP contribution in [0.25, 0.3) is 5.70 Å². The summed E-state index contributed by atoms with van der Waals surface area (Å²) >= 11 is 0. The zero-order valence-electron chi connectivity index (χ0n) is 19.0. The normalized spacial score (nSPS) is 24.4.